The zero-order chi connectivity index (χ0) is 13.1. The molecule has 3 unspecified atom stereocenters. The molecular formula is C15H21IN2O. The summed E-state index contributed by atoms with van der Waals surface area (Å²) in [4.78, 5) is 0. The number of benzene rings is 1. The first kappa shape index (κ1) is 13.6. The van der Waals surface area contributed by atoms with Gasteiger partial charge in [0.1, 0.15) is 0 Å². The Morgan fingerprint density at radius 2 is 2.26 bits per heavy atom. The van der Waals surface area contributed by atoms with Crippen molar-refractivity contribution in [2.45, 2.75) is 31.3 Å². The fraction of sp³-hybridized carbons (Fsp3) is 0.600. The number of ether oxygens (including phenoxy) is 1. The summed E-state index contributed by atoms with van der Waals surface area (Å²) in [7, 11) is 0. The van der Waals surface area contributed by atoms with Crippen LogP contribution in [0.5, 0.6) is 0 Å². The molecule has 2 aliphatic rings. The van der Waals surface area contributed by atoms with Crippen LogP contribution in [0, 0.1) is 9.49 Å². The van der Waals surface area contributed by atoms with Gasteiger partial charge >= 0.3 is 0 Å². The number of morpholine rings is 1. The van der Waals surface area contributed by atoms with Crippen LogP contribution >= 0.6 is 22.6 Å². The molecule has 3 nitrogen and oxygen atoms in total. The predicted octanol–water partition coefficient (Wildman–Crippen LogP) is 2.86. The van der Waals surface area contributed by atoms with Crippen LogP contribution < -0.4 is 10.6 Å². The van der Waals surface area contributed by atoms with Gasteiger partial charge in [-0.15, -0.1) is 0 Å². The van der Waals surface area contributed by atoms with Gasteiger partial charge in [-0.2, -0.15) is 0 Å². The van der Waals surface area contributed by atoms with E-state index in [0.717, 1.165) is 19.8 Å². The molecule has 104 valence electrons. The molecule has 2 fully saturated rings. The molecule has 1 aromatic rings. The average Bonchev–Trinajstić information content (AvgIpc) is 2.88. The Morgan fingerprint density at radius 1 is 1.32 bits per heavy atom. The Bertz CT molecular complexity index is 420. The van der Waals surface area contributed by atoms with Crippen molar-refractivity contribution in [2.24, 2.45) is 5.92 Å². The highest BCUT2D eigenvalue weighted by atomic mass is 127. The highest BCUT2D eigenvalue weighted by Gasteiger charge is 2.34. The summed E-state index contributed by atoms with van der Waals surface area (Å²) >= 11 is 2.37. The number of hydrogen-bond acceptors (Lipinski definition) is 3. The minimum atomic E-state index is 0.525. The lowest BCUT2D eigenvalue weighted by Crippen LogP contribution is -2.49. The van der Waals surface area contributed by atoms with Gasteiger partial charge in [0.05, 0.1) is 13.2 Å². The van der Waals surface area contributed by atoms with E-state index >= 15 is 0 Å². The fourth-order valence-corrected chi connectivity index (χ4v) is 3.85. The van der Waals surface area contributed by atoms with E-state index in [1.165, 1.54) is 28.5 Å². The molecule has 3 atom stereocenters. The van der Waals surface area contributed by atoms with Crippen molar-refractivity contribution in [1.82, 2.24) is 5.32 Å². The Morgan fingerprint density at radius 3 is 3.05 bits per heavy atom. The normalized spacial score (nSPS) is 31.3. The molecule has 1 heterocycles. The summed E-state index contributed by atoms with van der Waals surface area (Å²) in [5.41, 5.74) is 1.25. The van der Waals surface area contributed by atoms with Crippen LogP contribution in [0.15, 0.2) is 24.3 Å². The lowest BCUT2D eigenvalue weighted by Gasteiger charge is -2.33. The monoisotopic (exact) mass is 372 g/mol. The molecule has 0 bridgehead atoms. The summed E-state index contributed by atoms with van der Waals surface area (Å²) in [6, 6.07) is 9.75. The molecule has 0 amide bonds. The predicted molar refractivity (Wildman–Crippen MR) is 86.5 cm³/mol. The van der Waals surface area contributed by atoms with Gasteiger partial charge in [-0.25, -0.2) is 0 Å². The second kappa shape index (κ2) is 6.41. The molecule has 1 saturated heterocycles. The van der Waals surface area contributed by atoms with Crippen LogP contribution in [0.1, 0.15) is 19.3 Å². The fourth-order valence-electron chi connectivity index (χ4n) is 3.30. The first-order chi connectivity index (χ1) is 9.33. The molecular weight excluding hydrogens is 351 g/mol. The van der Waals surface area contributed by atoms with Crippen LogP contribution in [-0.2, 0) is 4.74 Å². The summed E-state index contributed by atoms with van der Waals surface area (Å²) in [5, 5.41) is 7.35. The molecule has 1 saturated carbocycles. The SMILES string of the molecule is Ic1cccc(NC2CCCC2C2COCCN2)c1. The zero-order valence-corrected chi connectivity index (χ0v) is 13.2. The van der Waals surface area contributed by atoms with Crippen LogP contribution in [0.3, 0.4) is 0 Å². The standard InChI is InChI=1S/C15H21IN2O/c16-11-3-1-4-12(9-11)18-14-6-2-5-13(14)15-10-19-8-7-17-15/h1,3-4,9,13-15,17-18H,2,5-8,10H2. The number of nitrogens with one attached hydrogen (secondary N) is 2. The Hall–Kier alpha value is -0.330. The Kier molecular flexibility index (Phi) is 4.61. The van der Waals surface area contributed by atoms with Crippen molar-refractivity contribution in [3.05, 3.63) is 27.8 Å². The molecule has 19 heavy (non-hydrogen) atoms. The van der Waals surface area contributed by atoms with E-state index in [-0.39, 0.29) is 0 Å². The lowest BCUT2D eigenvalue weighted by atomic mass is 9.94. The zero-order valence-electron chi connectivity index (χ0n) is 11.1. The second-order valence-electron chi connectivity index (χ2n) is 5.49. The van der Waals surface area contributed by atoms with E-state index < -0.39 is 0 Å². The highest BCUT2D eigenvalue weighted by molar-refractivity contribution is 14.1. The number of halogens is 1. The smallest absolute Gasteiger partial charge is 0.0623 e. The molecule has 1 aromatic carbocycles. The number of hydrogen-bond donors (Lipinski definition) is 2. The van der Waals surface area contributed by atoms with Crippen molar-refractivity contribution in [3.63, 3.8) is 0 Å². The molecule has 0 aromatic heterocycles. The van der Waals surface area contributed by atoms with Gasteiger partial charge in [0.2, 0.25) is 0 Å². The Labute approximate surface area is 128 Å². The van der Waals surface area contributed by atoms with Crippen molar-refractivity contribution in [1.29, 1.82) is 0 Å². The van der Waals surface area contributed by atoms with Crippen LogP contribution in [0.4, 0.5) is 5.69 Å². The lowest BCUT2D eigenvalue weighted by molar-refractivity contribution is 0.0559. The first-order valence-electron chi connectivity index (χ1n) is 7.16. The minimum absolute atomic E-state index is 0.525. The van der Waals surface area contributed by atoms with Crippen molar-refractivity contribution in [2.75, 3.05) is 25.1 Å². The largest absolute Gasteiger partial charge is 0.382 e. The van der Waals surface area contributed by atoms with E-state index in [4.69, 9.17) is 4.74 Å². The topological polar surface area (TPSA) is 33.3 Å². The van der Waals surface area contributed by atoms with E-state index in [9.17, 15) is 0 Å². The van der Waals surface area contributed by atoms with E-state index in [1.807, 2.05) is 0 Å². The molecule has 0 spiro atoms. The van der Waals surface area contributed by atoms with Gasteiger partial charge in [-0.1, -0.05) is 12.5 Å². The molecule has 1 aliphatic carbocycles. The molecule has 2 N–H and O–H groups in total. The number of rotatable bonds is 3. The third-order valence-electron chi connectivity index (χ3n) is 4.21. The summed E-state index contributed by atoms with van der Waals surface area (Å²) in [6.07, 6.45) is 3.90. The quantitative estimate of drug-likeness (QED) is 0.801. The van der Waals surface area contributed by atoms with Gasteiger partial charge in [0.25, 0.3) is 0 Å². The average molecular weight is 372 g/mol. The van der Waals surface area contributed by atoms with Crippen molar-refractivity contribution in [3.8, 4) is 0 Å². The van der Waals surface area contributed by atoms with Gasteiger partial charge < -0.3 is 15.4 Å². The van der Waals surface area contributed by atoms with E-state index in [1.54, 1.807) is 0 Å². The van der Waals surface area contributed by atoms with Crippen molar-refractivity contribution < 1.29 is 4.74 Å². The van der Waals surface area contributed by atoms with Crippen LogP contribution in [0.25, 0.3) is 0 Å². The maximum Gasteiger partial charge on any atom is 0.0623 e. The minimum Gasteiger partial charge on any atom is -0.382 e. The van der Waals surface area contributed by atoms with Crippen LogP contribution in [-0.4, -0.2) is 31.8 Å². The molecule has 1 aliphatic heterocycles. The third kappa shape index (κ3) is 3.41. The van der Waals surface area contributed by atoms with Gasteiger partial charge in [0, 0.05) is 27.9 Å². The summed E-state index contributed by atoms with van der Waals surface area (Å²) in [6.45, 7) is 2.73. The molecule has 4 heteroatoms. The van der Waals surface area contributed by atoms with Gasteiger partial charge in [-0.3, -0.25) is 0 Å². The summed E-state index contributed by atoms with van der Waals surface area (Å²) in [5.74, 6) is 0.693. The second-order valence-corrected chi connectivity index (χ2v) is 6.74. The van der Waals surface area contributed by atoms with Crippen molar-refractivity contribution >= 4 is 28.3 Å². The van der Waals surface area contributed by atoms with Gasteiger partial charge in [0.15, 0.2) is 0 Å². The third-order valence-corrected chi connectivity index (χ3v) is 4.88. The maximum atomic E-state index is 5.62. The molecule has 0 radical (unpaired) electrons. The first-order valence-corrected chi connectivity index (χ1v) is 8.24. The van der Waals surface area contributed by atoms with E-state index in [0.29, 0.717) is 18.0 Å². The summed E-state index contributed by atoms with van der Waals surface area (Å²) < 4.78 is 6.91. The Balaban J connectivity index is 1.65. The maximum absolute atomic E-state index is 5.62. The van der Waals surface area contributed by atoms with Crippen LogP contribution in [0.2, 0.25) is 0 Å². The van der Waals surface area contributed by atoms with Gasteiger partial charge in [-0.05, 0) is 59.5 Å². The van der Waals surface area contributed by atoms with E-state index in [2.05, 4.69) is 57.5 Å². The number of anilines is 1. The highest BCUT2D eigenvalue weighted by Crippen LogP contribution is 2.32. The molecule has 3 rings (SSSR count).